The van der Waals surface area contributed by atoms with E-state index >= 15 is 0 Å². The van der Waals surface area contributed by atoms with E-state index in [2.05, 4.69) is 29.4 Å². The summed E-state index contributed by atoms with van der Waals surface area (Å²) in [4.78, 5) is 0. The molecule has 5 nitrogen and oxygen atoms in total. The van der Waals surface area contributed by atoms with Gasteiger partial charge in [0.25, 0.3) is 0 Å². The third-order valence-corrected chi connectivity index (χ3v) is 4.47. The Bertz CT molecular complexity index is 304. The number of oxime groups is 1. The molecular formula is C13H26N4O. The first-order valence-corrected chi connectivity index (χ1v) is 7.04. The van der Waals surface area contributed by atoms with E-state index in [4.69, 9.17) is 10.9 Å². The molecule has 2 unspecified atom stereocenters. The lowest BCUT2D eigenvalue weighted by Crippen LogP contribution is -2.53. The van der Waals surface area contributed by atoms with Crippen LogP contribution in [0.15, 0.2) is 5.16 Å². The van der Waals surface area contributed by atoms with Crippen molar-refractivity contribution >= 4 is 5.84 Å². The van der Waals surface area contributed by atoms with Crippen molar-refractivity contribution in [2.45, 2.75) is 64.5 Å². The van der Waals surface area contributed by atoms with Crippen molar-refractivity contribution < 1.29 is 5.21 Å². The molecule has 1 saturated heterocycles. The molecule has 0 spiro atoms. The molecule has 0 radical (unpaired) electrons. The monoisotopic (exact) mass is 254 g/mol. The molecule has 0 amide bonds. The highest BCUT2D eigenvalue weighted by atomic mass is 16.4. The summed E-state index contributed by atoms with van der Waals surface area (Å²) in [6, 6.07) is 1.21. The summed E-state index contributed by atoms with van der Waals surface area (Å²) in [6.45, 7) is 5.51. The summed E-state index contributed by atoms with van der Waals surface area (Å²) in [5.41, 5.74) is 9.44. The highest BCUT2D eigenvalue weighted by Crippen LogP contribution is 2.48. The minimum absolute atomic E-state index is 0.229. The second-order valence-corrected chi connectivity index (χ2v) is 6.14. The van der Waals surface area contributed by atoms with E-state index in [0.29, 0.717) is 24.3 Å². The molecule has 2 fully saturated rings. The Balaban J connectivity index is 1.83. The lowest BCUT2D eigenvalue weighted by molar-refractivity contribution is 0.0390. The fourth-order valence-electron chi connectivity index (χ4n) is 3.00. The average Bonchev–Trinajstić information content (AvgIpc) is 3.08. The van der Waals surface area contributed by atoms with Gasteiger partial charge in [-0.1, -0.05) is 11.6 Å². The minimum Gasteiger partial charge on any atom is -0.409 e. The van der Waals surface area contributed by atoms with Gasteiger partial charge < -0.3 is 10.9 Å². The molecule has 2 atom stereocenters. The summed E-state index contributed by atoms with van der Waals surface area (Å²) < 4.78 is 0. The van der Waals surface area contributed by atoms with Crippen molar-refractivity contribution in [1.82, 2.24) is 10.4 Å². The van der Waals surface area contributed by atoms with Crippen LogP contribution in [0.4, 0.5) is 0 Å². The molecule has 5 heteroatoms. The van der Waals surface area contributed by atoms with Crippen molar-refractivity contribution in [1.29, 1.82) is 0 Å². The van der Waals surface area contributed by atoms with Crippen molar-refractivity contribution in [3.8, 4) is 0 Å². The summed E-state index contributed by atoms with van der Waals surface area (Å²) in [7, 11) is 0. The SMILES string of the molecule is CC1CCCC(C)N1NCC1(CC(N)=NO)CC1. The molecule has 1 aliphatic heterocycles. The Kier molecular flexibility index (Phi) is 4.12. The number of hydrogen-bond acceptors (Lipinski definition) is 4. The zero-order valence-electron chi connectivity index (χ0n) is 11.5. The van der Waals surface area contributed by atoms with Gasteiger partial charge in [-0.25, -0.2) is 5.01 Å². The third kappa shape index (κ3) is 3.14. The molecule has 104 valence electrons. The smallest absolute Gasteiger partial charge is 0.139 e. The zero-order chi connectivity index (χ0) is 13.2. The number of nitrogens with two attached hydrogens (primary N) is 1. The minimum atomic E-state index is 0.229. The van der Waals surface area contributed by atoms with Crippen LogP contribution >= 0.6 is 0 Å². The van der Waals surface area contributed by atoms with Gasteiger partial charge in [-0.05, 0) is 44.9 Å². The molecule has 1 aliphatic carbocycles. The van der Waals surface area contributed by atoms with E-state index in [1.807, 2.05) is 0 Å². The number of piperidine rings is 1. The largest absolute Gasteiger partial charge is 0.409 e. The second kappa shape index (κ2) is 5.45. The van der Waals surface area contributed by atoms with Crippen molar-refractivity contribution in [2.24, 2.45) is 16.3 Å². The standard InChI is InChI=1S/C13H26N4O/c1-10-4-3-5-11(2)17(10)15-9-13(6-7-13)8-12(14)16-18/h10-11,15,18H,3-9H2,1-2H3,(H2,14,16). The first kappa shape index (κ1) is 13.6. The molecule has 18 heavy (non-hydrogen) atoms. The van der Waals surface area contributed by atoms with Gasteiger partial charge in [0, 0.05) is 25.0 Å². The van der Waals surface area contributed by atoms with Crippen molar-refractivity contribution in [3.05, 3.63) is 0 Å². The Morgan fingerprint density at radius 2 is 2.00 bits per heavy atom. The number of nitrogens with one attached hydrogen (secondary N) is 1. The lowest BCUT2D eigenvalue weighted by Gasteiger charge is -2.40. The fourth-order valence-corrected chi connectivity index (χ4v) is 3.00. The van der Waals surface area contributed by atoms with Crippen LogP contribution in [-0.4, -0.2) is 34.7 Å². The van der Waals surface area contributed by atoms with Crippen molar-refractivity contribution in [3.63, 3.8) is 0 Å². The number of rotatable bonds is 5. The van der Waals surface area contributed by atoms with Gasteiger partial charge in [-0.2, -0.15) is 0 Å². The van der Waals surface area contributed by atoms with Crippen LogP contribution < -0.4 is 11.2 Å². The summed E-state index contributed by atoms with van der Waals surface area (Å²) >= 11 is 0. The molecule has 1 saturated carbocycles. The van der Waals surface area contributed by atoms with E-state index in [-0.39, 0.29) is 5.41 Å². The molecule has 0 aromatic rings. The third-order valence-electron chi connectivity index (χ3n) is 4.47. The van der Waals surface area contributed by atoms with Gasteiger partial charge in [0.05, 0.1) is 0 Å². The van der Waals surface area contributed by atoms with Gasteiger partial charge in [0.2, 0.25) is 0 Å². The van der Waals surface area contributed by atoms with Gasteiger partial charge in [-0.15, -0.1) is 0 Å². The Morgan fingerprint density at radius 3 is 2.50 bits per heavy atom. The molecule has 2 rings (SSSR count). The van der Waals surface area contributed by atoms with E-state index in [0.717, 1.165) is 6.54 Å². The Hall–Kier alpha value is -0.810. The van der Waals surface area contributed by atoms with E-state index in [1.165, 1.54) is 32.1 Å². The van der Waals surface area contributed by atoms with Crippen LogP contribution in [0.1, 0.15) is 52.4 Å². The van der Waals surface area contributed by atoms with Crippen LogP contribution in [0.2, 0.25) is 0 Å². The highest BCUT2D eigenvalue weighted by Gasteiger charge is 2.43. The van der Waals surface area contributed by atoms with Crippen LogP contribution in [0.5, 0.6) is 0 Å². The number of hydrazine groups is 1. The van der Waals surface area contributed by atoms with Crippen LogP contribution in [-0.2, 0) is 0 Å². The fraction of sp³-hybridized carbons (Fsp3) is 0.923. The summed E-state index contributed by atoms with van der Waals surface area (Å²) in [5.74, 6) is 0.356. The van der Waals surface area contributed by atoms with Gasteiger partial charge in [-0.3, -0.25) is 5.43 Å². The predicted octanol–water partition coefficient (Wildman–Crippen LogP) is 1.67. The maximum atomic E-state index is 8.66. The molecule has 1 heterocycles. The molecule has 4 N–H and O–H groups in total. The first-order chi connectivity index (χ1) is 8.56. The Labute approximate surface area is 109 Å². The lowest BCUT2D eigenvalue weighted by atomic mass is 9.99. The van der Waals surface area contributed by atoms with Gasteiger partial charge in [0.15, 0.2) is 0 Å². The van der Waals surface area contributed by atoms with Gasteiger partial charge in [0.1, 0.15) is 5.84 Å². The average molecular weight is 254 g/mol. The topological polar surface area (TPSA) is 73.9 Å². The molecule has 0 aromatic carbocycles. The number of nitrogens with zero attached hydrogens (tertiary/aromatic N) is 2. The first-order valence-electron chi connectivity index (χ1n) is 7.04. The Morgan fingerprint density at radius 1 is 1.39 bits per heavy atom. The maximum absolute atomic E-state index is 8.66. The predicted molar refractivity (Wildman–Crippen MR) is 72.3 cm³/mol. The number of hydrogen-bond donors (Lipinski definition) is 3. The molecule has 2 aliphatic rings. The molecular weight excluding hydrogens is 228 g/mol. The van der Waals surface area contributed by atoms with Crippen LogP contribution in [0.25, 0.3) is 0 Å². The van der Waals surface area contributed by atoms with Crippen LogP contribution in [0.3, 0.4) is 0 Å². The summed E-state index contributed by atoms with van der Waals surface area (Å²) in [5, 5.41) is 14.1. The molecule has 0 bridgehead atoms. The molecule has 0 aromatic heterocycles. The van der Waals surface area contributed by atoms with E-state index in [1.54, 1.807) is 0 Å². The van der Waals surface area contributed by atoms with Crippen molar-refractivity contribution in [2.75, 3.05) is 6.54 Å². The summed E-state index contributed by atoms with van der Waals surface area (Å²) in [6.07, 6.45) is 6.91. The van der Waals surface area contributed by atoms with E-state index in [9.17, 15) is 0 Å². The van der Waals surface area contributed by atoms with Gasteiger partial charge >= 0.3 is 0 Å². The normalized spacial score (nSPS) is 32.4. The number of amidine groups is 1. The second-order valence-electron chi connectivity index (χ2n) is 6.14. The highest BCUT2D eigenvalue weighted by molar-refractivity contribution is 5.80. The van der Waals surface area contributed by atoms with Crippen LogP contribution in [0, 0.1) is 5.41 Å². The quantitative estimate of drug-likeness (QED) is 0.302. The van der Waals surface area contributed by atoms with E-state index < -0.39 is 0 Å². The zero-order valence-corrected chi connectivity index (χ0v) is 11.5. The maximum Gasteiger partial charge on any atom is 0.139 e.